The average molecular weight is 661 g/mol. The van der Waals surface area contributed by atoms with E-state index < -0.39 is 23.9 Å². The lowest BCUT2D eigenvalue weighted by Crippen LogP contribution is -2.36. The maximum atomic E-state index is 12.6. The second-order valence-electron chi connectivity index (χ2n) is 12.8. The number of ether oxygens (including phenoxy) is 5. The van der Waals surface area contributed by atoms with Crippen LogP contribution in [0.15, 0.2) is 54.6 Å². The van der Waals surface area contributed by atoms with Crippen LogP contribution in [0.2, 0.25) is 0 Å². The number of likely N-dealkylation sites (tertiary alicyclic amines) is 1. The van der Waals surface area contributed by atoms with Gasteiger partial charge in [0, 0.05) is 25.3 Å². The van der Waals surface area contributed by atoms with Gasteiger partial charge < -0.3 is 39.2 Å². The van der Waals surface area contributed by atoms with Crippen LogP contribution in [-0.4, -0.2) is 96.8 Å². The van der Waals surface area contributed by atoms with Crippen molar-refractivity contribution in [3.8, 4) is 22.9 Å². The molecule has 254 valence electrons. The molecule has 0 aliphatic carbocycles. The maximum Gasteiger partial charge on any atom is 0.415 e. The van der Waals surface area contributed by atoms with Crippen molar-refractivity contribution in [3.63, 3.8) is 0 Å². The summed E-state index contributed by atoms with van der Waals surface area (Å²) in [5, 5.41) is 6.09. The van der Waals surface area contributed by atoms with E-state index in [1.54, 1.807) is 30.2 Å². The first-order valence-corrected chi connectivity index (χ1v) is 15.9. The summed E-state index contributed by atoms with van der Waals surface area (Å²) in [7, 11) is 1.60. The molecule has 3 atom stereocenters. The number of hydrogen-bond acceptors (Lipinski definition) is 11. The summed E-state index contributed by atoms with van der Waals surface area (Å²) in [5.74, 6) is 1.30. The molecule has 3 amide bonds. The average Bonchev–Trinajstić information content (AvgIpc) is 3.65. The Kier molecular flexibility index (Phi) is 9.64. The van der Waals surface area contributed by atoms with Gasteiger partial charge in [-0.2, -0.15) is 0 Å². The molecule has 0 bridgehead atoms. The van der Waals surface area contributed by atoms with Gasteiger partial charge in [0.2, 0.25) is 5.88 Å². The van der Waals surface area contributed by atoms with Crippen molar-refractivity contribution in [1.29, 1.82) is 0 Å². The molecule has 2 N–H and O–H groups in total. The normalized spacial score (nSPS) is 20.5. The standard InChI is InChI=1S/C34H40N6O8/c1-34(2,3)48-32(42)39-18-26(44-4)27(19-39)47-30-10-6-9-24(36-30)22-8-5-7-21(15-22)16-35-14-13-23-17-40(33(43)46-23)28-12-11-25-31(37-28)38-29(41)20-45-25/h5-12,15,23,26-27,35H,13-14,16-20H2,1-4H3,(H,37,38,41)/t23-,26?,27?/m0/s1. The fourth-order valence-corrected chi connectivity index (χ4v) is 5.65. The quantitative estimate of drug-likeness (QED) is 0.304. The van der Waals surface area contributed by atoms with Crippen molar-refractivity contribution in [1.82, 2.24) is 20.2 Å². The van der Waals surface area contributed by atoms with Crippen LogP contribution in [0.1, 0.15) is 32.8 Å². The third-order valence-electron chi connectivity index (χ3n) is 7.97. The number of hydrogen-bond donors (Lipinski definition) is 2. The van der Waals surface area contributed by atoms with Gasteiger partial charge in [-0.15, -0.1) is 0 Å². The van der Waals surface area contributed by atoms with Gasteiger partial charge in [-0.3, -0.25) is 9.69 Å². The monoisotopic (exact) mass is 660 g/mol. The molecule has 3 aliphatic rings. The second-order valence-corrected chi connectivity index (χ2v) is 12.8. The van der Waals surface area contributed by atoms with Crippen LogP contribution in [0.3, 0.4) is 0 Å². The minimum atomic E-state index is -0.592. The van der Waals surface area contributed by atoms with Gasteiger partial charge in [-0.25, -0.2) is 19.6 Å². The van der Waals surface area contributed by atoms with Crippen LogP contribution in [0.25, 0.3) is 11.3 Å². The van der Waals surface area contributed by atoms with Crippen LogP contribution in [-0.2, 0) is 25.5 Å². The highest BCUT2D eigenvalue weighted by atomic mass is 16.6. The van der Waals surface area contributed by atoms with Crippen molar-refractivity contribution in [2.75, 3.05) is 50.1 Å². The number of rotatable bonds is 10. The lowest BCUT2D eigenvalue weighted by atomic mass is 10.1. The number of benzene rings is 1. The highest BCUT2D eigenvalue weighted by Crippen LogP contribution is 2.30. The van der Waals surface area contributed by atoms with Crippen LogP contribution in [0.4, 0.5) is 21.2 Å². The Labute approximate surface area is 278 Å². The first kappa shape index (κ1) is 33.0. The third kappa shape index (κ3) is 7.94. The molecule has 0 saturated carbocycles. The van der Waals surface area contributed by atoms with Crippen LogP contribution in [0, 0.1) is 0 Å². The van der Waals surface area contributed by atoms with Gasteiger partial charge in [-0.05, 0) is 63.6 Å². The fourth-order valence-electron chi connectivity index (χ4n) is 5.65. The van der Waals surface area contributed by atoms with Gasteiger partial charge in [0.15, 0.2) is 18.2 Å². The van der Waals surface area contributed by atoms with Crippen LogP contribution in [0.5, 0.6) is 11.6 Å². The smallest absolute Gasteiger partial charge is 0.415 e. The van der Waals surface area contributed by atoms with E-state index in [1.165, 1.54) is 4.90 Å². The first-order chi connectivity index (χ1) is 23.0. The molecule has 0 radical (unpaired) electrons. The zero-order valence-corrected chi connectivity index (χ0v) is 27.4. The van der Waals surface area contributed by atoms with Crippen molar-refractivity contribution < 1.29 is 38.1 Å². The number of nitrogens with zero attached hydrogens (tertiary/aromatic N) is 4. The molecular weight excluding hydrogens is 620 g/mol. The Morgan fingerprint density at radius 2 is 1.85 bits per heavy atom. The Morgan fingerprint density at radius 1 is 1.04 bits per heavy atom. The molecule has 48 heavy (non-hydrogen) atoms. The Bertz CT molecular complexity index is 1660. The van der Waals surface area contributed by atoms with E-state index in [-0.39, 0.29) is 24.7 Å². The number of methoxy groups -OCH3 is 1. The van der Waals surface area contributed by atoms with Crippen molar-refractivity contribution >= 4 is 29.7 Å². The zero-order chi connectivity index (χ0) is 33.8. The summed E-state index contributed by atoms with van der Waals surface area (Å²) in [4.78, 5) is 49.0. The number of anilines is 2. The number of nitrogens with one attached hydrogen (secondary N) is 2. The summed E-state index contributed by atoms with van der Waals surface area (Å²) in [6.45, 7) is 7.73. The molecule has 0 spiro atoms. The minimum absolute atomic E-state index is 0.0623. The van der Waals surface area contributed by atoms with E-state index in [0.29, 0.717) is 62.4 Å². The summed E-state index contributed by atoms with van der Waals surface area (Å²) in [6, 6.07) is 17.0. The summed E-state index contributed by atoms with van der Waals surface area (Å²) < 4.78 is 28.3. The molecule has 2 saturated heterocycles. The van der Waals surface area contributed by atoms with E-state index in [0.717, 1.165) is 16.8 Å². The number of cyclic esters (lactones) is 1. The van der Waals surface area contributed by atoms with E-state index in [2.05, 4.69) is 21.7 Å². The lowest BCUT2D eigenvalue weighted by Gasteiger charge is -2.24. The third-order valence-corrected chi connectivity index (χ3v) is 7.97. The summed E-state index contributed by atoms with van der Waals surface area (Å²) in [5.41, 5.74) is 2.16. The van der Waals surface area contributed by atoms with E-state index >= 15 is 0 Å². The Balaban J connectivity index is 0.999. The molecule has 2 aromatic heterocycles. The molecule has 5 heterocycles. The Morgan fingerprint density at radius 3 is 2.67 bits per heavy atom. The molecule has 14 nitrogen and oxygen atoms in total. The SMILES string of the molecule is COC1CN(C(=O)OC(C)(C)C)CC1Oc1cccc(-c2cccc(CNCC[C@H]3CN(c4ccc5c(n4)NC(=O)CO5)C(=O)O3)c2)n1. The number of carbonyl (C=O) groups is 3. The van der Waals surface area contributed by atoms with Gasteiger partial charge in [0.05, 0.1) is 25.3 Å². The van der Waals surface area contributed by atoms with Gasteiger partial charge in [0.25, 0.3) is 5.91 Å². The van der Waals surface area contributed by atoms with Gasteiger partial charge in [-0.1, -0.05) is 24.3 Å². The first-order valence-electron chi connectivity index (χ1n) is 15.9. The van der Waals surface area contributed by atoms with E-state index in [9.17, 15) is 14.4 Å². The number of fused-ring (bicyclic) bond motifs is 1. The van der Waals surface area contributed by atoms with Gasteiger partial charge in [0.1, 0.15) is 29.7 Å². The molecule has 3 aromatic rings. The van der Waals surface area contributed by atoms with E-state index in [4.69, 9.17) is 28.7 Å². The second kappa shape index (κ2) is 14.0. The maximum absolute atomic E-state index is 12.6. The van der Waals surface area contributed by atoms with Crippen molar-refractivity contribution in [3.05, 3.63) is 60.2 Å². The van der Waals surface area contributed by atoms with Crippen LogP contribution >= 0.6 is 0 Å². The molecule has 6 rings (SSSR count). The predicted octanol–water partition coefficient (Wildman–Crippen LogP) is 3.99. The Hall–Kier alpha value is -4.95. The number of aromatic nitrogens is 2. The topological polar surface area (TPSA) is 154 Å². The zero-order valence-electron chi connectivity index (χ0n) is 27.4. The lowest BCUT2D eigenvalue weighted by molar-refractivity contribution is -0.118. The number of carbonyl (C=O) groups excluding carboxylic acids is 3. The largest absolute Gasteiger partial charge is 0.480 e. The van der Waals surface area contributed by atoms with Crippen LogP contribution < -0.4 is 25.0 Å². The van der Waals surface area contributed by atoms with E-state index in [1.807, 2.05) is 51.1 Å². The molecule has 1 aromatic carbocycles. The minimum Gasteiger partial charge on any atom is -0.480 e. The molecule has 14 heteroatoms. The molecule has 2 unspecified atom stereocenters. The van der Waals surface area contributed by atoms with Crippen molar-refractivity contribution in [2.45, 2.75) is 57.6 Å². The summed E-state index contributed by atoms with van der Waals surface area (Å²) in [6.07, 6.45) is -1.27. The highest BCUT2D eigenvalue weighted by molar-refractivity contribution is 5.95. The predicted molar refractivity (Wildman–Crippen MR) is 175 cm³/mol. The number of pyridine rings is 2. The number of amides is 3. The molecular formula is C34H40N6O8. The molecule has 2 fully saturated rings. The molecule has 3 aliphatic heterocycles. The van der Waals surface area contributed by atoms with Gasteiger partial charge >= 0.3 is 12.2 Å². The highest BCUT2D eigenvalue weighted by Gasteiger charge is 2.39. The summed E-state index contributed by atoms with van der Waals surface area (Å²) >= 11 is 0. The van der Waals surface area contributed by atoms with Crippen molar-refractivity contribution in [2.24, 2.45) is 0 Å². The fraction of sp³-hybridized carbons (Fsp3) is 0.441.